The summed E-state index contributed by atoms with van der Waals surface area (Å²) in [5.41, 5.74) is 0.304. The fourth-order valence-electron chi connectivity index (χ4n) is 3.03. The molecule has 2 rings (SSSR count). The van der Waals surface area contributed by atoms with E-state index in [1.54, 1.807) is 0 Å². The summed E-state index contributed by atoms with van der Waals surface area (Å²) in [7, 11) is 0. The first-order valence-corrected chi connectivity index (χ1v) is 4.91. The maximum atomic E-state index is 9.78. The van der Waals surface area contributed by atoms with E-state index in [0.29, 0.717) is 5.41 Å². The summed E-state index contributed by atoms with van der Waals surface area (Å²) in [5, 5.41) is 9.78. The topological polar surface area (TPSA) is 20.2 Å². The molecule has 2 aliphatic carbocycles. The molecule has 0 aromatic heterocycles. The normalized spacial score (nSPS) is 50.7. The average Bonchev–Trinajstić information content (AvgIpc) is 2.29. The van der Waals surface area contributed by atoms with Crippen molar-refractivity contribution in [2.45, 2.75) is 51.6 Å². The Morgan fingerprint density at radius 3 is 2.73 bits per heavy atom. The van der Waals surface area contributed by atoms with E-state index in [1.807, 2.05) is 0 Å². The molecule has 11 heavy (non-hydrogen) atoms. The molecule has 0 aromatic rings. The first-order chi connectivity index (χ1) is 5.23. The molecule has 1 unspecified atom stereocenters. The summed E-state index contributed by atoms with van der Waals surface area (Å²) in [5.74, 6) is 0.839. The van der Waals surface area contributed by atoms with Gasteiger partial charge in [-0.05, 0) is 37.0 Å². The monoisotopic (exact) mass is 154 g/mol. The molecule has 2 fully saturated rings. The lowest BCUT2D eigenvalue weighted by atomic mass is 9.69. The second-order valence-corrected chi connectivity index (χ2v) is 4.54. The molecule has 0 spiro atoms. The van der Waals surface area contributed by atoms with Gasteiger partial charge in [-0.15, -0.1) is 0 Å². The van der Waals surface area contributed by atoms with Crippen molar-refractivity contribution < 1.29 is 5.11 Å². The van der Waals surface area contributed by atoms with Crippen LogP contribution in [0, 0.1) is 11.3 Å². The van der Waals surface area contributed by atoms with E-state index in [2.05, 4.69) is 6.92 Å². The fourth-order valence-corrected chi connectivity index (χ4v) is 3.03. The second kappa shape index (κ2) is 2.48. The van der Waals surface area contributed by atoms with Gasteiger partial charge in [0.05, 0.1) is 6.10 Å². The Morgan fingerprint density at radius 2 is 2.00 bits per heavy atom. The van der Waals surface area contributed by atoms with Crippen molar-refractivity contribution in [3.63, 3.8) is 0 Å². The predicted molar refractivity (Wildman–Crippen MR) is 45.3 cm³/mol. The number of fused-ring (bicyclic) bond motifs is 1. The fraction of sp³-hybridized carbons (Fsp3) is 1.00. The van der Waals surface area contributed by atoms with Crippen molar-refractivity contribution in [2.75, 3.05) is 0 Å². The third-order valence-electron chi connectivity index (χ3n) is 4.00. The van der Waals surface area contributed by atoms with Crippen LogP contribution in [0.4, 0.5) is 0 Å². The van der Waals surface area contributed by atoms with Gasteiger partial charge < -0.3 is 5.11 Å². The molecule has 0 radical (unpaired) electrons. The molecule has 0 saturated heterocycles. The van der Waals surface area contributed by atoms with Gasteiger partial charge in [-0.3, -0.25) is 0 Å². The smallest absolute Gasteiger partial charge is 0.0596 e. The predicted octanol–water partition coefficient (Wildman–Crippen LogP) is 2.34. The molecule has 0 aromatic carbocycles. The van der Waals surface area contributed by atoms with Crippen LogP contribution in [0.25, 0.3) is 0 Å². The Hall–Kier alpha value is -0.0400. The molecular weight excluding hydrogens is 136 g/mol. The van der Waals surface area contributed by atoms with Gasteiger partial charge in [0.1, 0.15) is 0 Å². The summed E-state index contributed by atoms with van der Waals surface area (Å²) in [6, 6.07) is 0. The van der Waals surface area contributed by atoms with Gasteiger partial charge in [0.2, 0.25) is 0 Å². The van der Waals surface area contributed by atoms with Gasteiger partial charge in [0.25, 0.3) is 0 Å². The standard InChI is InChI=1S/C10H18O/c1-10-7-3-2-4-8(10)5-6-9(10)11/h8-9,11H,2-7H2,1H3/t8?,9-,10-/m1/s1. The summed E-state index contributed by atoms with van der Waals surface area (Å²) in [6.07, 6.45) is 7.70. The van der Waals surface area contributed by atoms with Crippen LogP contribution in [0.15, 0.2) is 0 Å². The number of hydrogen-bond donors (Lipinski definition) is 1. The third-order valence-corrected chi connectivity index (χ3v) is 4.00. The first-order valence-electron chi connectivity index (χ1n) is 4.91. The maximum absolute atomic E-state index is 9.78. The second-order valence-electron chi connectivity index (χ2n) is 4.54. The molecule has 64 valence electrons. The van der Waals surface area contributed by atoms with Crippen LogP contribution in [0.2, 0.25) is 0 Å². The molecule has 1 N–H and O–H groups in total. The van der Waals surface area contributed by atoms with Gasteiger partial charge in [-0.25, -0.2) is 0 Å². The van der Waals surface area contributed by atoms with Crippen LogP contribution in [-0.2, 0) is 0 Å². The highest BCUT2D eigenvalue weighted by atomic mass is 16.3. The Labute approximate surface area is 68.8 Å². The molecule has 0 amide bonds. The lowest BCUT2D eigenvalue weighted by molar-refractivity contribution is 0.0138. The Balaban J connectivity index is 2.16. The average molecular weight is 154 g/mol. The van der Waals surface area contributed by atoms with E-state index in [9.17, 15) is 5.11 Å². The molecule has 2 aliphatic rings. The Bertz CT molecular complexity index is 153. The van der Waals surface area contributed by atoms with Crippen molar-refractivity contribution in [3.05, 3.63) is 0 Å². The number of rotatable bonds is 0. The zero-order chi connectivity index (χ0) is 7.90. The first kappa shape index (κ1) is 7.60. The van der Waals surface area contributed by atoms with Crippen molar-refractivity contribution in [2.24, 2.45) is 11.3 Å². The van der Waals surface area contributed by atoms with Gasteiger partial charge in [-0.1, -0.05) is 19.8 Å². The number of aliphatic hydroxyl groups excluding tert-OH is 1. The largest absolute Gasteiger partial charge is 0.393 e. The molecule has 2 saturated carbocycles. The van der Waals surface area contributed by atoms with Gasteiger partial charge in [-0.2, -0.15) is 0 Å². The van der Waals surface area contributed by atoms with Crippen molar-refractivity contribution in [1.29, 1.82) is 0 Å². The van der Waals surface area contributed by atoms with Gasteiger partial charge in [0.15, 0.2) is 0 Å². The van der Waals surface area contributed by atoms with E-state index in [4.69, 9.17) is 0 Å². The van der Waals surface area contributed by atoms with Crippen LogP contribution in [-0.4, -0.2) is 11.2 Å². The zero-order valence-electron chi connectivity index (χ0n) is 7.34. The van der Waals surface area contributed by atoms with Crippen LogP contribution in [0.1, 0.15) is 45.4 Å². The zero-order valence-corrected chi connectivity index (χ0v) is 7.34. The van der Waals surface area contributed by atoms with Gasteiger partial charge in [0, 0.05) is 0 Å². The maximum Gasteiger partial charge on any atom is 0.0596 e. The van der Waals surface area contributed by atoms with Crippen LogP contribution in [0.3, 0.4) is 0 Å². The molecule has 0 aliphatic heterocycles. The minimum absolute atomic E-state index is 0.00722. The lowest BCUT2D eigenvalue weighted by Gasteiger charge is -2.38. The Kier molecular flexibility index (Phi) is 1.71. The molecule has 1 heteroatoms. The summed E-state index contributed by atoms with van der Waals surface area (Å²) < 4.78 is 0. The highest BCUT2D eigenvalue weighted by Crippen LogP contribution is 2.51. The minimum Gasteiger partial charge on any atom is -0.393 e. The highest BCUT2D eigenvalue weighted by Gasteiger charge is 2.46. The molecule has 0 heterocycles. The molecule has 0 bridgehead atoms. The van der Waals surface area contributed by atoms with Crippen molar-refractivity contribution in [1.82, 2.24) is 0 Å². The van der Waals surface area contributed by atoms with E-state index in [-0.39, 0.29) is 6.10 Å². The Morgan fingerprint density at radius 1 is 1.18 bits per heavy atom. The SMILES string of the molecule is C[C@@]12CCCCC1CC[C@H]2O. The van der Waals surface area contributed by atoms with Crippen LogP contribution >= 0.6 is 0 Å². The van der Waals surface area contributed by atoms with E-state index in [0.717, 1.165) is 12.3 Å². The third kappa shape index (κ3) is 1.01. The summed E-state index contributed by atoms with van der Waals surface area (Å²) >= 11 is 0. The van der Waals surface area contributed by atoms with E-state index in [1.165, 1.54) is 32.1 Å². The van der Waals surface area contributed by atoms with E-state index < -0.39 is 0 Å². The van der Waals surface area contributed by atoms with Crippen molar-refractivity contribution in [3.8, 4) is 0 Å². The van der Waals surface area contributed by atoms with Gasteiger partial charge >= 0.3 is 0 Å². The summed E-state index contributed by atoms with van der Waals surface area (Å²) in [4.78, 5) is 0. The highest BCUT2D eigenvalue weighted by molar-refractivity contribution is 4.96. The number of hydrogen-bond acceptors (Lipinski definition) is 1. The van der Waals surface area contributed by atoms with Crippen LogP contribution < -0.4 is 0 Å². The van der Waals surface area contributed by atoms with E-state index >= 15 is 0 Å². The molecular formula is C10H18O. The number of aliphatic hydroxyl groups is 1. The lowest BCUT2D eigenvalue weighted by Crippen LogP contribution is -2.34. The minimum atomic E-state index is 0.00722. The quantitative estimate of drug-likeness (QED) is 0.568. The van der Waals surface area contributed by atoms with Crippen molar-refractivity contribution >= 4 is 0 Å². The van der Waals surface area contributed by atoms with Crippen LogP contribution in [0.5, 0.6) is 0 Å². The molecule has 3 atom stereocenters. The summed E-state index contributed by atoms with van der Waals surface area (Å²) in [6.45, 7) is 2.29. The molecule has 1 nitrogen and oxygen atoms in total.